The number of hydrogen-bond acceptors (Lipinski definition) is 2. The minimum Gasteiger partial charge on any atom is -0.494 e. The van der Waals surface area contributed by atoms with Crippen molar-refractivity contribution in [3.05, 3.63) is 42.0 Å². The van der Waals surface area contributed by atoms with Gasteiger partial charge in [-0.25, -0.2) is 0 Å². The van der Waals surface area contributed by atoms with Crippen molar-refractivity contribution >= 4 is 0 Å². The summed E-state index contributed by atoms with van der Waals surface area (Å²) in [6, 6.07) is 10.6. The lowest BCUT2D eigenvalue weighted by molar-refractivity contribution is 0.291. The first-order chi connectivity index (χ1) is 9.90. The zero-order valence-corrected chi connectivity index (χ0v) is 12.6. The second kappa shape index (κ2) is 8.80. The summed E-state index contributed by atoms with van der Waals surface area (Å²) in [6.45, 7) is 4.09. The molecule has 20 heavy (non-hydrogen) atoms. The van der Waals surface area contributed by atoms with Gasteiger partial charge in [0.05, 0.1) is 6.61 Å². The molecule has 0 heterocycles. The molecular formula is C18H27NO. The van der Waals surface area contributed by atoms with Gasteiger partial charge in [-0.15, -0.1) is 0 Å². The van der Waals surface area contributed by atoms with E-state index in [-0.39, 0.29) is 0 Å². The highest BCUT2D eigenvalue weighted by atomic mass is 16.5. The van der Waals surface area contributed by atoms with Crippen molar-refractivity contribution in [1.29, 1.82) is 0 Å². The van der Waals surface area contributed by atoms with Gasteiger partial charge in [0.2, 0.25) is 0 Å². The fourth-order valence-corrected chi connectivity index (χ4v) is 2.73. The van der Waals surface area contributed by atoms with E-state index in [0.29, 0.717) is 6.04 Å². The molecule has 110 valence electrons. The number of hydrogen-bond donors (Lipinski definition) is 1. The molecule has 0 bridgehead atoms. The van der Waals surface area contributed by atoms with Crippen LogP contribution >= 0.6 is 0 Å². The van der Waals surface area contributed by atoms with E-state index in [0.717, 1.165) is 25.3 Å². The number of para-hydroxylation sites is 1. The molecule has 0 amide bonds. The van der Waals surface area contributed by atoms with Gasteiger partial charge in [0.15, 0.2) is 0 Å². The number of nitrogens with one attached hydrogen (secondary N) is 1. The van der Waals surface area contributed by atoms with Crippen LogP contribution in [0.15, 0.2) is 42.0 Å². The molecule has 0 aliphatic heterocycles. The lowest BCUT2D eigenvalue weighted by atomic mass is 9.92. The summed E-state index contributed by atoms with van der Waals surface area (Å²) in [4.78, 5) is 0. The molecule has 1 aromatic carbocycles. The monoisotopic (exact) mass is 273 g/mol. The first kappa shape index (κ1) is 15.1. The highest BCUT2D eigenvalue weighted by molar-refractivity contribution is 5.21. The van der Waals surface area contributed by atoms with Gasteiger partial charge in [0.25, 0.3) is 0 Å². The van der Waals surface area contributed by atoms with E-state index in [9.17, 15) is 0 Å². The third kappa shape index (κ3) is 5.01. The molecule has 0 radical (unpaired) electrons. The highest BCUT2D eigenvalue weighted by Gasteiger charge is 2.15. The summed E-state index contributed by atoms with van der Waals surface area (Å²) in [5.74, 6) is 0.972. The van der Waals surface area contributed by atoms with E-state index >= 15 is 0 Å². The van der Waals surface area contributed by atoms with E-state index in [1.165, 1.54) is 32.1 Å². The standard InChI is InChI=1S/C18H27NO/c1-2-14-19-18(16-9-5-3-6-10-16)13-15-20-17-11-7-4-8-12-17/h4,7-9,11-12,18-19H,2-3,5-6,10,13-15H2,1H3. The Labute approximate surface area is 123 Å². The molecule has 2 nitrogen and oxygen atoms in total. The van der Waals surface area contributed by atoms with Crippen LogP contribution in [0.3, 0.4) is 0 Å². The van der Waals surface area contributed by atoms with Gasteiger partial charge < -0.3 is 10.1 Å². The Morgan fingerprint density at radius 3 is 2.75 bits per heavy atom. The predicted molar refractivity (Wildman–Crippen MR) is 85.2 cm³/mol. The first-order valence-electron chi connectivity index (χ1n) is 8.00. The summed E-state index contributed by atoms with van der Waals surface area (Å²) in [6.07, 6.45) is 9.88. The van der Waals surface area contributed by atoms with Gasteiger partial charge in [0, 0.05) is 12.5 Å². The molecule has 0 spiro atoms. The molecule has 1 aliphatic rings. The molecular weight excluding hydrogens is 246 g/mol. The first-order valence-corrected chi connectivity index (χ1v) is 8.00. The molecule has 2 heteroatoms. The van der Waals surface area contributed by atoms with E-state index < -0.39 is 0 Å². The molecule has 1 N–H and O–H groups in total. The fourth-order valence-electron chi connectivity index (χ4n) is 2.73. The van der Waals surface area contributed by atoms with Crippen molar-refractivity contribution in [1.82, 2.24) is 5.32 Å². The van der Waals surface area contributed by atoms with Crippen LogP contribution < -0.4 is 10.1 Å². The van der Waals surface area contributed by atoms with E-state index in [4.69, 9.17) is 4.74 Å². The van der Waals surface area contributed by atoms with Gasteiger partial charge in [-0.3, -0.25) is 0 Å². The summed E-state index contributed by atoms with van der Waals surface area (Å²) in [7, 11) is 0. The number of allylic oxidation sites excluding steroid dienone is 1. The van der Waals surface area contributed by atoms with Crippen LogP contribution in [0.4, 0.5) is 0 Å². The zero-order chi connectivity index (χ0) is 14.0. The molecule has 1 unspecified atom stereocenters. The molecule has 0 saturated carbocycles. The van der Waals surface area contributed by atoms with E-state index in [1.54, 1.807) is 5.57 Å². The average molecular weight is 273 g/mol. The summed E-state index contributed by atoms with van der Waals surface area (Å²) < 4.78 is 5.84. The van der Waals surface area contributed by atoms with Crippen LogP contribution in [0.1, 0.15) is 45.4 Å². The second-order valence-electron chi connectivity index (χ2n) is 5.48. The molecule has 1 aromatic rings. The van der Waals surface area contributed by atoms with Gasteiger partial charge in [-0.1, -0.05) is 36.8 Å². The summed E-state index contributed by atoms with van der Waals surface area (Å²) >= 11 is 0. The third-order valence-electron chi connectivity index (χ3n) is 3.83. The van der Waals surface area contributed by atoms with Crippen LogP contribution in [0.5, 0.6) is 5.75 Å². The normalized spacial score (nSPS) is 16.6. The van der Waals surface area contributed by atoms with E-state index in [1.807, 2.05) is 30.3 Å². The maximum atomic E-state index is 5.84. The molecule has 0 aromatic heterocycles. The number of benzene rings is 1. The summed E-state index contributed by atoms with van der Waals surface area (Å²) in [5, 5.41) is 3.68. The third-order valence-corrected chi connectivity index (χ3v) is 3.83. The van der Waals surface area contributed by atoms with Crippen molar-refractivity contribution in [3.63, 3.8) is 0 Å². The minimum atomic E-state index is 0.499. The Bertz CT molecular complexity index is 399. The molecule has 1 atom stereocenters. The Hall–Kier alpha value is -1.28. The summed E-state index contributed by atoms with van der Waals surface area (Å²) in [5.41, 5.74) is 1.60. The Kier molecular flexibility index (Phi) is 6.65. The largest absolute Gasteiger partial charge is 0.494 e. The smallest absolute Gasteiger partial charge is 0.119 e. The zero-order valence-electron chi connectivity index (χ0n) is 12.6. The molecule has 2 rings (SSSR count). The minimum absolute atomic E-state index is 0.499. The van der Waals surface area contributed by atoms with Crippen LogP contribution in [-0.2, 0) is 0 Å². The highest BCUT2D eigenvalue weighted by Crippen LogP contribution is 2.22. The molecule has 0 fully saturated rings. The van der Waals surface area contributed by atoms with Crippen molar-refractivity contribution in [2.75, 3.05) is 13.2 Å². The topological polar surface area (TPSA) is 21.3 Å². The van der Waals surface area contributed by atoms with Crippen molar-refractivity contribution < 1.29 is 4.74 Å². The van der Waals surface area contributed by atoms with Gasteiger partial charge >= 0.3 is 0 Å². The van der Waals surface area contributed by atoms with Gasteiger partial charge in [0.1, 0.15) is 5.75 Å². The second-order valence-corrected chi connectivity index (χ2v) is 5.48. The molecule has 1 aliphatic carbocycles. The quantitative estimate of drug-likeness (QED) is 0.712. The maximum Gasteiger partial charge on any atom is 0.119 e. The predicted octanol–water partition coefficient (Wildman–Crippen LogP) is 4.32. The number of ether oxygens (including phenoxy) is 1. The van der Waals surface area contributed by atoms with Crippen molar-refractivity contribution in [2.24, 2.45) is 0 Å². The van der Waals surface area contributed by atoms with Crippen molar-refractivity contribution in [3.8, 4) is 5.75 Å². The maximum absolute atomic E-state index is 5.84. The Balaban J connectivity index is 1.82. The fraction of sp³-hybridized carbons (Fsp3) is 0.556. The van der Waals surface area contributed by atoms with Gasteiger partial charge in [-0.05, 0) is 50.8 Å². The van der Waals surface area contributed by atoms with Crippen LogP contribution in [0, 0.1) is 0 Å². The lowest BCUT2D eigenvalue weighted by Gasteiger charge is -2.24. The molecule has 0 saturated heterocycles. The van der Waals surface area contributed by atoms with E-state index in [2.05, 4.69) is 18.3 Å². The van der Waals surface area contributed by atoms with Gasteiger partial charge in [-0.2, -0.15) is 0 Å². The van der Waals surface area contributed by atoms with Crippen LogP contribution in [-0.4, -0.2) is 19.2 Å². The average Bonchev–Trinajstić information content (AvgIpc) is 2.52. The van der Waals surface area contributed by atoms with Crippen LogP contribution in [0.2, 0.25) is 0 Å². The number of rotatable bonds is 8. The Morgan fingerprint density at radius 2 is 2.05 bits per heavy atom. The lowest BCUT2D eigenvalue weighted by Crippen LogP contribution is -2.33. The SMILES string of the molecule is CCCNC(CCOc1ccccc1)C1=CCCCC1. The Morgan fingerprint density at radius 1 is 1.20 bits per heavy atom. The van der Waals surface area contributed by atoms with Crippen LogP contribution in [0.25, 0.3) is 0 Å². The van der Waals surface area contributed by atoms with Crippen molar-refractivity contribution in [2.45, 2.75) is 51.5 Å².